The van der Waals surface area contributed by atoms with Crippen molar-refractivity contribution in [3.63, 3.8) is 0 Å². The van der Waals surface area contributed by atoms with Crippen molar-refractivity contribution in [3.05, 3.63) is 26.2 Å². The highest BCUT2D eigenvalue weighted by molar-refractivity contribution is 14.1. The molecule has 1 amide bonds. The fraction of sp³-hybridized carbons (Fsp3) is 0.154. The molecule has 1 saturated heterocycles. The van der Waals surface area contributed by atoms with Crippen LogP contribution in [0.25, 0.3) is 6.08 Å². The second-order valence-corrected chi connectivity index (χ2v) is 7.05. The van der Waals surface area contributed by atoms with E-state index in [2.05, 4.69) is 0 Å². The van der Waals surface area contributed by atoms with Gasteiger partial charge in [0.15, 0.2) is 11.5 Å². The monoisotopic (exact) mass is 451 g/mol. The summed E-state index contributed by atoms with van der Waals surface area (Å²) < 4.78 is 5.84. The Morgan fingerprint density at radius 2 is 2.23 bits per heavy atom. The molecule has 9 heteroatoms. The number of hydrogen-bond donors (Lipinski definition) is 2. The Morgan fingerprint density at radius 3 is 2.82 bits per heavy atom. The molecular weight excluding hydrogens is 441 g/mol. The standard InChI is InChI=1S/C13H10INO5S2/c1-20-8-3-6(2-7(14)11(8)18)4-9-12(19)15(5-10(16)17)13(21)22-9/h2-4,18H,5H2,1H3,(H,16,17)/b9-4-. The number of methoxy groups -OCH3 is 1. The number of carbonyl (C=O) groups is 2. The van der Waals surface area contributed by atoms with Crippen LogP contribution in [0.4, 0.5) is 0 Å². The number of halogens is 1. The van der Waals surface area contributed by atoms with E-state index < -0.39 is 18.4 Å². The van der Waals surface area contributed by atoms with Gasteiger partial charge in [0.05, 0.1) is 15.6 Å². The van der Waals surface area contributed by atoms with Gasteiger partial charge in [-0.2, -0.15) is 0 Å². The number of thiocarbonyl (C=S) groups is 1. The molecule has 0 unspecified atom stereocenters. The van der Waals surface area contributed by atoms with Crippen LogP contribution in [-0.4, -0.2) is 45.0 Å². The summed E-state index contributed by atoms with van der Waals surface area (Å²) in [7, 11) is 1.43. The van der Waals surface area contributed by atoms with Gasteiger partial charge in [0.1, 0.15) is 10.9 Å². The quantitative estimate of drug-likeness (QED) is 0.413. The number of thioether (sulfide) groups is 1. The number of hydrogen-bond acceptors (Lipinski definition) is 6. The zero-order valence-corrected chi connectivity index (χ0v) is 15.0. The van der Waals surface area contributed by atoms with Crippen molar-refractivity contribution in [1.82, 2.24) is 4.90 Å². The molecule has 22 heavy (non-hydrogen) atoms. The molecule has 0 saturated carbocycles. The number of nitrogens with zero attached hydrogens (tertiary/aromatic N) is 1. The van der Waals surface area contributed by atoms with E-state index in [0.717, 1.165) is 16.7 Å². The average molecular weight is 451 g/mol. The van der Waals surface area contributed by atoms with Gasteiger partial charge in [0, 0.05) is 0 Å². The molecule has 2 rings (SSSR count). The lowest BCUT2D eigenvalue weighted by molar-refractivity contribution is -0.140. The van der Waals surface area contributed by atoms with Gasteiger partial charge in [-0.3, -0.25) is 14.5 Å². The van der Waals surface area contributed by atoms with Crippen molar-refractivity contribution in [2.45, 2.75) is 0 Å². The first-order valence-corrected chi connectivity index (χ1v) is 8.17. The van der Waals surface area contributed by atoms with E-state index in [-0.39, 0.29) is 10.1 Å². The number of carboxylic acids is 1. The average Bonchev–Trinajstić information content (AvgIpc) is 2.70. The molecule has 116 valence electrons. The van der Waals surface area contributed by atoms with Crippen molar-refractivity contribution < 1.29 is 24.5 Å². The highest BCUT2D eigenvalue weighted by Crippen LogP contribution is 2.36. The number of phenolic OH excluding ortho intramolecular Hbond substituents is 1. The van der Waals surface area contributed by atoms with Crippen molar-refractivity contribution in [2.75, 3.05) is 13.7 Å². The molecule has 0 aliphatic carbocycles. The van der Waals surface area contributed by atoms with Gasteiger partial charge in [0.2, 0.25) is 0 Å². The Morgan fingerprint density at radius 1 is 1.55 bits per heavy atom. The summed E-state index contributed by atoms with van der Waals surface area (Å²) in [6.07, 6.45) is 1.59. The van der Waals surface area contributed by atoms with Crippen LogP contribution in [0.15, 0.2) is 17.0 Å². The number of ether oxygens (including phenoxy) is 1. The molecule has 1 aromatic rings. The van der Waals surface area contributed by atoms with Crippen LogP contribution in [0.5, 0.6) is 11.5 Å². The SMILES string of the molecule is COc1cc(/C=C2\SC(=S)N(CC(=O)O)C2=O)cc(I)c1O. The first kappa shape index (κ1) is 17.0. The van der Waals surface area contributed by atoms with E-state index in [0.29, 0.717) is 19.8 Å². The molecular formula is C13H10INO5S2. The highest BCUT2D eigenvalue weighted by Gasteiger charge is 2.33. The van der Waals surface area contributed by atoms with Gasteiger partial charge in [0.25, 0.3) is 5.91 Å². The van der Waals surface area contributed by atoms with Gasteiger partial charge >= 0.3 is 5.97 Å². The second-order valence-electron chi connectivity index (χ2n) is 4.22. The predicted molar refractivity (Wildman–Crippen MR) is 94.9 cm³/mol. The van der Waals surface area contributed by atoms with Gasteiger partial charge in [-0.15, -0.1) is 0 Å². The molecule has 0 spiro atoms. The molecule has 2 N–H and O–H groups in total. The molecule has 1 aliphatic heterocycles. The number of carbonyl (C=O) groups excluding carboxylic acids is 1. The van der Waals surface area contributed by atoms with Gasteiger partial charge in [-0.05, 0) is 46.4 Å². The third-order valence-electron chi connectivity index (χ3n) is 2.74. The Labute approximate surface area is 149 Å². The van der Waals surface area contributed by atoms with Crippen LogP contribution in [0.2, 0.25) is 0 Å². The van der Waals surface area contributed by atoms with Crippen LogP contribution in [0, 0.1) is 3.57 Å². The zero-order chi connectivity index (χ0) is 16.4. The third-order valence-corrected chi connectivity index (χ3v) is 4.94. The Hall–Kier alpha value is -1.33. The first-order valence-electron chi connectivity index (χ1n) is 5.87. The lowest BCUT2D eigenvalue weighted by Crippen LogP contribution is -2.33. The van der Waals surface area contributed by atoms with Crippen LogP contribution in [-0.2, 0) is 9.59 Å². The summed E-state index contributed by atoms with van der Waals surface area (Å²) in [5.74, 6) is -1.25. The summed E-state index contributed by atoms with van der Waals surface area (Å²) in [4.78, 5) is 24.3. The minimum absolute atomic E-state index is 0.0266. The molecule has 0 atom stereocenters. The third kappa shape index (κ3) is 3.52. The van der Waals surface area contributed by atoms with Gasteiger partial charge < -0.3 is 14.9 Å². The number of rotatable bonds is 4. The lowest BCUT2D eigenvalue weighted by Gasteiger charge is -2.10. The fourth-order valence-corrected chi connectivity index (χ4v) is 3.64. The first-order chi connectivity index (χ1) is 10.3. The molecule has 1 fully saturated rings. The Kier molecular flexibility index (Phi) is 5.29. The fourth-order valence-electron chi connectivity index (χ4n) is 1.76. The summed E-state index contributed by atoms with van der Waals surface area (Å²) in [5.41, 5.74) is 0.648. The number of amides is 1. The lowest BCUT2D eigenvalue weighted by atomic mass is 10.2. The molecule has 0 aromatic heterocycles. The summed E-state index contributed by atoms with van der Waals surface area (Å²) in [5, 5.41) is 18.6. The minimum Gasteiger partial charge on any atom is -0.504 e. The molecule has 1 aromatic carbocycles. The predicted octanol–water partition coefficient (Wildman–Crippen LogP) is 2.29. The number of aromatic hydroxyl groups is 1. The van der Waals surface area contributed by atoms with Crippen LogP contribution >= 0.6 is 46.6 Å². The number of aliphatic carboxylic acids is 1. The Balaban J connectivity index is 2.34. The minimum atomic E-state index is -1.13. The molecule has 1 heterocycles. The van der Waals surface area contributed by atoms with E-state index in [9.17, 15) is 14.7 Å². The van der Waals surface area contributed by atoms with E-state index in [1.807, 2.05) is 22.6 Å². The van der Waals surface area contributed by atoms with E-state index >= 15 is 0 Å². The van der Waals surface area contributed by atoms with Crippen molar-refractivity contribution >= 4 is 68.8 Å². The Bertz CT molecular complexity index is 704. The zero-order valence-electron chi connectivity index (χ0n) is 11.2. The maximum Gasteiger partial charge on any atom is 0.323 e. The normalized spacial score (nSPS) is 16.5. The van der Waals surface area contributed by atoms with Crippen LogP contribution in [0.3, 0.4) is 0 Å². The molecule has 1 aliphatic rings. The summed E-state index contributed by atoms with van der Waals surface area (Å²) in [6, 6.07) is 3.27. The molecule has 6 nitrogen and oxygen atoms in total. The van der Waals surface area contributed by atoms with Crippen LogP contribution in [0.1, 0.15) is 5.56 Å². The number of benzene rings is 1. The van der Waals surface area contributed by atoms with E-state index in [1.165, 1.54) is 7.11 Å². The van der Waals surface area contributed by atoms with E-state index in [4.69, 9.17) is 22.1 Å². The summed E-state index contributed by atoms with van der Waals surface area (Å²) >= 11 is 8.01. The smallest absolute Gasteiger partial charge is 0.323 e. The van der Waals surface area contributed by atoms with Gasteiger partial charge in [-0.1, -0.05) is 24.0 Å². The van der Waals surface area contributed by atoms with Gasteiger partial charge in [-0.25, -0.2) is 0 Å². The summed E-state index contributed by atoms with van der Waals surface area (Å²) in [6.45, 7) is -0.460. The largest absolute Gasteiger partial charge is 0.504 e. The number of carboxylic acid groups (broad SMARTS) is 1. The van der Waals surface area contributed by atoms with E-state index in [1.54, 1.807) is 18.2 Å². The van der Waals surface area contributed by atoms with Crippen LogP contribution < -0.4 is 4.74 Å². The topological polar surface area (TPSA) is 87.1 Å². The molecule has 0 radical (unpaired) electrons. The van der Waals surface area contributed by atoms with Crippen molar-refractivity contribution in [3.8, 4) is 11.5 Å². The highest BCUT2D eigenvalue weighted by atomic mass is 127. The maximum atomic E-state index is 12.2. The number of phenols is 1. The van der Waals surface area contributed by atoms with Crippen molar-refractivity contribution in [2.24, 2.45) is 0 Å². The van der Waals surface area contributed by atoms with Crippen molar-refractivity contribution in [1.29, 1.82) is 0 Å². The maximum absolute atomic E-state index is 12.2. The second kappa shape index (κ2) is 6.84. The molecule has 0 bridgehead atoms.